The van der Waals surface area contributed by atoms with Crippen LogP contribution in [-0.2, 0) is 6.54 Å². The van der Waals surface area contributed by atoms with Crippen LogP contribution < -0.4 is 10.2 Å². The summed E-state index contributed by atoms with van der Waals surface area (Å²) in [5.41, 5.74) is 1.32. The molecule has 0 unspecified atom stereocenters. The van der Waals surface area contributed by atoms with Crippen molar-refractivity contribution in [2.75, 3.05) is 17.3 Å². The van der Waals surface area contributed by atoms with Gasteiger partial charge in [-0.1, -0.05) is 30.3 Å². The molecule has 0 amide bonds. The van der Waals surface area contributed by atoms with Crippen molar-refractivity contribution in [2.24, 2.45) is 0 Å². The number of aryl methyl sites for hydroxylation is 1. The maximum Gasteiger partial charge on any atom is 0.149 e. The second kappa shape index (κ2) is 7.25. The highest BCUT2D eigenvalue weighted by molar-refractivity contribution is 5.60. The Bertz CT molecular complexity index is 869. The minimum Gasteiger partial charge on any atom is -0.355 e. The molecular weight excluding hydrogens is 322 g/mol. The summed E-state index contributed by atoms with van der Waals surface area (Å²) >= 11 is 0. The Hall–Kier alpha value is -3.02. The number of halogens is 2. The van der Waals surface area contributed by atoms with E-state index in [1.54, 1.807) is 13.0 Å². The summed E-state index contributed by atoms with van der Waals surface area (Å²) in [7, 11) is 1.93. The van der Waals surface area contributed by atoms with Crippen LogP contribution >= 0.6 is 0 Å². The van der Waals surface area contributed by atoms with Crippen LogP contribution in [0.2, 0.25) is 0 Å². The molecule has 0 saturated heterocycles. The highest BCUT2D eigenvalue weighted by Crippen LogP contribution is 2.22. The van der Waals surface area contributed by atoms with Gasteiger partial charge >= 0.3 is 0 Å². The number of hydrogen-bond donors (Lipinski definition) is 1. The number of aromatic nitrogens is 2. The van der Waals surface area contributed by atoms with Crippen LogP contribution in [0, 0.1) is 18.6 Å². The Labute approximate surface area is 145 Å². The quantitative estimate of drug-likeness (QED) is 0.745. The van der Waals surface area contributed by atoms with E-state index in [4.69, 9.17) is 0 Å². The van der Waals surface area contributed by atoms with Crippen molar-refractivity contribution in [2.45, 2.75) is 13.5 Å². The fourth-order valence-electron chi connectivity index (χ4n) is 2.48. The zero-order valence-corrected chi connectivity index (χ0v) is 14.0. The number of anilines is 3. The standard InChI is InChI=1S/C19H18F2N4/c1-13-22-18(24-17-9-8-15(20)10-16(17)21)11-19(23-13)25(2)12-14-6-4-3-5-7-14/h3-11H,12H2,1-2H3,(H,22,23,24). The molecule has 0 radical (unpaired) electrons. The third kappa shape index (κ3) is 4.29. The van der Waals surface area contributed by atoms with Crippen LogP contribution in [0.15, 0.2) is 54.6 Å². The predicted molar refractivity (Wildman–Crippen MR) is 95.0 cm³/mol. The first-order valence-electron chi connectivity index (χ1n) is 7.84. The van der Waals surface area contributed by atoms with E-state index in [2.05, 4.69) is 15.3 Å². The second-order valence-electron chi connectivity index (χ2n) is 5.75. The highest BCUT2D eigenvalue weighted by atomic mass is 19.1. The fraction of sp³-hybridized carbons (Fsp3) is 0.158. The van der Waals surface area contributed by atoms with Gasteiger partial charge in [-0.25, -0.2) is 18.7 Å². The Balaban J connectivity index is 1.82. The molecule has 0 spiro atoms. The SMILES string of the molecule is Cc1nc(Nc2ccc(F)cc2F)cc(N(C)Cc2ccccc2)n1. The number of hydrogen-bond acceptors (Lipinski definition) is 4. The van der Waals surface area contributed by atoms with Gasteiger partial charge in [0, 0.05) is 25.7 Å². The molecule has 1 N–H and O–H groups in total. The molecule has 0 aliphatic heterocycles. The largest absolute Gasteiger partial charge is 0.355 e. The maximum absolute atomic E-state index is 13.8. The molecule has 0 aliphatic rings. The molecule has 3 rings (SSSR count). The summed E-state index contributed by atoms with van der Waals surface area (Å²) in [6.45, 7) is 2.45. The van der Waals surface area contributed by atoms with Crippen molar-refractivity contribution >= 4 is 17.3 Å². The van der Waals surface area contributed by atoms with Gasteiger partial charge in [0.2, 0.25) is 0 Å². The number of nitrogens with zero attached hydrogens (tertiary/aromatic N) is 3. The van der Waals surface area contributed by atoms with Gasteiger partial charge in [0.1, 0.15) is 29.1 Å². The van der Waals surface area contributed by atoms with E-state index in [1.807, 2.05) is 42.3 Å². The van der Waals surface area contributed by atoms with E-state index in [0.717, 1.165) is 11.6 Å². The monoisotopic (exact) mass is 340 g/mol. The molecule has 1 heterocycles. The first kappa shape index (κ1) is 16.8. The van der Waals surface area contributed by atoms with E-state index in [1.165, 1.54) is 12.1 Å². The van der Waals surface area contributed by atoms with Gasteiger partial charge in [-0.05, 0) is 24.6 Å². The third-order valence-corrected chi connectivity index (χ3v) is 3.67. The molecule has 4 nitrogen and oxygen atoms in total. The summed E-state index contributed by atoms with van der Waals surface area (Å²) in [4.78, 5) is 10.7. The van der Waals surface area contributed by atoms with E-state index in [9.17, 15) is 8.78 Å². The number of benzene rings is 2. The topological polar surface area (TPSA) is 41.1 Å². The van der Waals surface area contributed by atoms with Gasteiger partial charge in [-0.2, -0.15) is 0 Å². The van der Waals surface area contributed by atoms with Gasteiger partial charge < -0.3 is 10.2 Å². The van der Waals surface area contributed by atoms with E-state index in [0.29, 0.717) is 24.0 Å². The van der Waals surface area contributed by atoms with Crippen molar-refractivity contribution in [3.05, 3.63) is 77.6 Å². The van der Waals surface area contributed by atoms with Crippen LogP contribution in [0.25, 0.3) is 0 Å². The second-order valence-corrected chi connectivity index (χ2v) is 5.75. The Morgan fingerprint density at radius 2 is 1.76 bits per heavy atom. The lowest BCUT2D eigenvalue weighted by Gasteiger charge is -2.19. The zero-order valence-electron chi connectivity index (χ0n) is 14.0. The van der Waals surface area contributed by atoms with Crippen molar-refractivity contribution < 1.29 is 8.78 Å². The van der Waals surface area contributed by atoms with E-state index in [-0.39, 0.29) is 5.69 Å². The minimum atomic E-state index is -0.671. The van der Waals surface area contributed by atoms with Gasteiger partial charge in [0.15, 0.2) is 0 Å². The molecule has 25 heavy (non-hydrogen) atoms. The molecule has 0 aliphatic carbocycles. The van der Waals surface area contributed by atoms with Crippen molar-refractivity contribution in [3.8, 4) is 0 Å². The molecule has 6 heteroatoms. The molecule has 0 bridgehead atoms. The Kier molecular flexibility index (Phi) is 4.88. The van der Waals surface area contributed by atoms with Gasteiger partial charge in [0.25, 0.3) is 0 Å². The lowest BCUT2D eigenvalue weighted by Crippen LogP contribution is -2.18. The molecular formula is C19H18F2N4. The van der Waals surface area contributed by atoms with Gasteiger partial charge in [0.05, 0.1) is 5.69 Å². The van der Waals surface area contributed by atoms with Crippen molar-refractivity contribution in [1.82, 2.24) is 9.97 Å². The first-order chi connectivity index (χ1) is 12.0. The molecule has 0 saturated carbocycles. The molecule has 1 aromatic heterocycles. The molecule has 0 atom stereocenters. The van der Waals surface area contributed by atoms with E-state index >= 15 is 0 Å². The summed E-state index contributed by atoms with van der Waals surface area (Å²) in [5.74, 6) is 0.428. The number of nitrogens with one attached hydrogen (secondary N) is 1. The lowest BCUT2D eigenvalue weighted by atomic mass is 10.2. The smallest absolute Gasteiger partial charge is 0.149 e. The lowest BCUT2D eigenvalue weighted by molar-refractivity contribution is 0.586. The van der Waals surface area contributed by atoms with Crippen LogP contribution in [0.4, 0.5) is 26.1 Å². The first-order valence-corrected chi connectivity index (χ1v) is 7.84. The maximum atomic E-state index is 13.8. The van der Waals surface area contributed by atoms with Gasteiger partial charge in [-0.15, -0.1) is 0 Å². The zero-order chi connectivity index (χ0) is 17.8. The van der Waals surface area contributed by atoms with Crippen molar-refractivity contribution in [1.29, 1.82) is 0 Å². The van der Waals surface area contributed by atoms with Crippen molar-refractivity contribution in [3.63, 3.8) is 0 Å². The minimum absolute atomic E-state index is 0.163. The average molecular weight is 340 g/mol. The van der Waals surface area contributed by atoms with Crippen LogP contribution in [0.1, 0.15) is 11.4 Å². The number of rotatable bonds is 5. The summed E-state index contributed by atoms with van der Waals surface area (Å²) in [5, 5.41) is 2.88. The molecule has 3 aromatic rings. The Morgan fingerprint density at radius 1 is 1.00 bits per heavy atom. The summed E-state index contributed by atoms with van der Waals surface area (Å²) < 4.78 is 26.9. The summed E-state index contributed by atoms with van der Waals surface area (Å²) in [6, 6.07) is 15.1. The van der Waals surface area contributed by atoms with Crippen LogP contribution in [-0.4, -0.2) is 17.0 Å². The summed E-state index contributed by atoms with van der Waals surface area (Å²) in [6.07, 6.45) is 0. The highest BCUT2D eigenvalue weighted by Gasteiger charge is 2.10. The van der Waals surface area contributed by atoms with Gasteiger partial charge in [-0.3, -0.25) is 0 Å². The molecule has 0 fully saturated rings. The molecule has 128 valence electrons. The predicted octanol–water partition coefficient (Wildman–Crippen LogP) is 4.44. The Morgan fingerprint density at radius 3 is 2.48 bits per heavy atom. The van der Waals surface area contributed by atoms with Crippen LogP contribution in [0.3, 0.4) is 0 Å². The average Bonchev–Trinajstić information content (AvgIpc) is 2.58. The normalized spacial score (nSPS) is 10.6. The molecule has 2 aromatic carbocycles. The fourth-order valence-corrected chi connectivity index (χ4v) is 2.48. The van der Waals surface area contributed by atoms with E-state index < -0.39 is 11.6 Å². The van der Waals surface area contributed by atoms with Crippen LogP contribution in [0.5, 0.6) is 0 Å². The third-order valence-electron chi connectivity index (χ3n) is 3.67.